The molecule has 0 aromatic rings. The van der Waals surface area contributed by atoms with Crippen molar-refractivity contribution in [1.82, 2.24) is 0 Å². The van der Waals surface area contributed by atoms with Crippen LogP contribution in [-0.4, -0.2) is 22.2 Å². The number of carboxylic acid groups (broad SMARTS) is 2. The zero-order valence-corrected chi connectivity index (χ0v) is 13.1. The van der Waals surface area contributed by atoms with Gasteiger partial charge >= 0.3 is 11.9 Å². The van der Waals surface area contributed by atoms with Crippen LogP contribution in [0.1, 0.15) is 26.7 Å². The Kier molecular flexibility index (Phi) is 5.22. The van der Waals surface area contributed by atoms with Gasteiger partial charge in [0.2, 0.25) is 0 Å². The van der Waals surface area contributed by atoms with Gasteiger partial charge in [0.15, 0.2) is 0 Å². The molecule has 0 spiro atoms. The number of rotatable bonds is 4. The topological polar surface area (TPSA) is 74.6 Å². The fraction of sp³-hybridized carbons (Fsp3) is 0.556. The second kappa shape index (κ2) is 6.95. The Bertz CT molecular complexity index is 517. The van der Waals surface area contributed by atoms with Crippen LogP contribution >= 0.6 is 0 Å². The fourth-order valence-corrected chi connectivity index (χ4v) is 4.11. The van der Waals surface area contributed by atoms with Crippen LogP contribution in [0.25, 0.3) is 0 Å². The lowest BCUT2D eigenvalue weighted by Crippen LogP contribution is -2.41. The summed E-state index contributed by atoms with van der Waals surface area (Å²) in [5.41, 5.74) is 0. The highest BCUT2D eigenvalue weighted by molar-refractivity contribution is 5.80. The maximum atomic E-state index is 11.3. The Morgan fingerprint density at radius 2 is 1.82 bits per heavy atom. The Hall–Kier alpha value is -1.84. The van der Waals surface area contributed by atoms with Crippen LogP contribution in [0.5, 0.6) is 0 Å². The lowest BCUT2D eigenvalue weighted by molar-refractivity contribution is -0.145. The molecule has 0 radical (unpaired) electrons. The van der Waals surface area contributed by atoms with Gasteiger partial charge in [0.25, 0.3) is 0 Å². The highest BCUT2D eigenvalue weighted by Gasteiger charge is 2.43. The molecule has 1 fully saturated rings. The van der Waals surface area contributed by atoms with E-state index in [9.17, 15) is 14.7 Å². The van der Waals surface area contributed by atoms with Crippen LogP contribution in [0.4, 0.5) is 0 Å². The van der Waals surface area contributed by atoms with Gasteiger partial charge in [0.05, 0.1) is 5.92 Å². The lowest BCUT2D eigenvalue weighted by atomic mass is 9.59. The van der Waals surface area contributed by atoms with Gasteiger partial charge in [-0.1, -0.05) is 44.2 Å². The van der Waals surface area contributed by atoms with Crippen molar-refractivity contribution < 1.29 is 19.8 Å². The summed E-state index contributed by atoms with van der Waals surface area (Å²) in [5, 5.41) is 17.9. The maximum absolute atomic E-state index is 11.3. The second-order valence-corrected chi connectivity index (χ2v) is 6.63. The summed E-state index contributed by atoms with van der Waals surface area (Å²) >= 11 is 0. The van der Waals surface area contributed by atoms with Gasteiger partial charge in [-0.25, -0.2) is 4.79 Å². The minimum absolute atomic E-state index is 0.245. The van der Waals surface area contributed by atoms with Gasteiger partial charge in [0, 0.05) is 6.08 Å². The average molecular weight is 304 g/mol. The van der Waals surface area contributed by atoms with Gasteiger partial charge in [-0.05, 0) is 42.4 Å². The first-order valence-corrected chi connectivity index (χ1v) is 7.89. The second-order valence-electron chi connectivity index (χ2n) is 6.63. The summed E-state index contributed by atoms with van der Waals surface area (Å²) in [5.74, 6) is -0.0681. The van der Waals surface area contributed by atoms with E-state index >= 15 is 0 Å². The van der Waals surface area contributed by atoms with Crippen LogP contribution < -0.4 is 0 Å². The van der Waals surface area contributed by atoms with E-state index in [1.165, 1.54) is 0 Å². The zero-order valence-electron chi connectivity index (χ0n) is 13.1. The number of carboxylic acids is 2. The third-order valence-electron chi connectivity index (χ3n) is 5.11. The molecule has 0 heterocycles. The average Bonchev–Trinajstić information content (AvgIpc) is 2.45. The quantitative estimate of drug-likeness (QED) is 0.474. The van der Waals surface area contributed by atoms with Crippen molar-refractivity contribution in [3.63, 3.8) is 0 Å². The van der Waals surface area contributed by atoms with E-state index < -0.39 is 11.9 Å². The molecule has 6 atom stereocenters. The highest BCUT2D eigenvalue weighted by Crippen LogP contribution is 2.48. The van der Waals surface area contributed by atoms with Gasteiger partial charge in [-0.2, -0.15) is 0 Å². The van der Waals surface area contributed by atoms with Crippen LogP contribution in [0.15, 0.2) is 36.5 Å². The molecule has 0 amide bonds. The molecule has 0 unspecified atom stereocenters. The Labute approximate surface area is 131 Å². The Morgan fingerprint density at radius 1 is 1.09 bits per heavy atom. The van der Waals surface area contributed by atoms with Crippen molar-refractivity contribution in [2.75, 3.05) is 0 Å². The number of fused-ring (bicyclic) bond motifs is 1. The summed E-state index contributed by atoms with van der Waals surface area (Å²) in [4.78, 5) is 21.8. The molecule has 22 heavy (non-hydrogen) atoms. The zero-order chi connectivity index (χ0) is 16.3. The van der Waals surface area contributed by atoms with E-state index in [0.717, 1.165) is 12.5 Å². The van der Waals surface area contributed by atoms with E-state index in [0.29, 0.717) is 36.0 Å². The van der Waals surface area contributed by atoms with Crippen molar-refractivity contribution >= 4 is 11.9 Å². The maximum Gasteiger partial charge on any atom is 0.328 e. The first-order chi connectivity index (χ1) is 10.4. The van der Waals surface area contributed by atoms with Crippen LogP contribution in [-0.2, 0) is 9.59 Å². The molecule has 0 aromatic heterocycles. The van der Waals surface area contributed by atoms with Crippen LogP contribution in [0.3, 0.4) is 0 Å². The number of allylic oxidation sites excluding steroid dienone is 5. The number of carbonyl (C=O) groups is 2. The Morgan fingerprint density at radius 3 is 2.45 bits per heavy atom. The number of hydrogen-bond donors (Lipinski definition) is 2. The molecule has 0 bridgehead atoms. The SMILES string of the molecule is C[C@@H]1C[C@@H](C(=O)O)C[C@@H]2C=C[C@H](C)[C@H](/C=C/C=C/C(=O)O)[C@@H]12. The number of hydrogen-bond acceptors (Lipinski definition) is 2. The molecule has 1 saturated carbocycles. The van der Waals surface area contributed by atoms with E-state index in [2.05, 4.69) is 32.1 Å². The minimum atomic E-state index is -0.950. The standard InChI is InChI=1S/C18H24O4/c1-11-7-8-13-10-14(18(21)22)9-12(2)17(13)15(11)5-3-4-6-16(19)20/h3-8,11-15,17H,9-10H2,1-2H3,(H,19,20)(H,21,22)/b5-3+,6-4+/t11-,12+,13-,14+,15-,17-/m0/s1. The van der Waals surface area contributed by atoms with Crippen LogP contribution in [0, 0.1) is 35.5 Å². The first kappa shape index (κ1) is 16.5. The Balaban J connectivity index is 2.16. The van der Waals surface area contributed by atoms with Crippen molar-refractivity contribution in [2.45, 2.75) is 26.7 Å². The molecule has 2 N–H and O–H groups in total. The van der Waals surface area contributed by atoms with E-state index in [1.807, 2.05) is 6.08 Å². The normalized spacial score (nSPS) is 38.3. The van der Waals surface area contributed by atoms with E-state index in [4.69, 9.17) is 5.11 Å². The lowest BCUT2D eigenvalue weighted by Gasteiger charge is -2.45. The molecule has 4 nitrogen and oxygen atoms in total. The van der Waals surface area contributed by atoms with Crippen LogP contribution in [0.2, 0.25) is 0 Å². The summed E-state index contributed by atoms with van der Waals surface area (Å²) in [6.45, 7) is 4.31. The van der Waals surface area contributed by atoms with Gasteiger partial charge in [-0.15, -0.1) is 0 Å². The van der Waals surface area contributed by atoms with Crippen molar-refractivity contribution in [3.05, 3.63) is 36.5 Å². The number of aliphatic carboxylic acids is 2. The van der Waals surface area contributed by atoms with Gasteiger partial charge in [0.1, 0.15) is 0 Å². The van der Waals surface area contributed by atoms with Crippen molar-refractivity contribution in [3.8, 4) is 0 Å². The molecular weight excluding hydrogens is 280 g/mol. The first-order valence-electron chi connectivity index (χ1n) is 7.89. The van der Waals surface area contributed by atoms with Gasteiger partial charge < -0.3 is 10.2 Å². The van der Waals surface area contributed by atoms with Crippen molar-refractivity contribution in [2.24, 2.45) is 35.5 Å². The molecule has 2 rings (SSSR count). The molecule has 0 aromatic carbocycles. The molecule has 120 valence electrons. The molecule has 0 saturated heterocycles. The molecule has 2 aliphatic rings. The molecular formula is C18H24O4. The highest BCUT2D eigenvalue weighted by atomic mass is 16.4. The van der Waals surface area contributed by atoms with Crippen molar-refractivity contribution in [1.29, 1.82) is 0 Å². The largest absolute Gasteiger partial charge is 0.481 e. The predicted molar refractivity (Wildman–Crippen MR) is 84.2 cm³/mol. The summed E-state index contributed by atoms with van der Waals surface area (Å²) in [6.07, 6.45) is 12.4. The monoisotopic (exact) mass is 304 g/mol. The third kappa shape index (κ3) is 3.67. The summed E-state index contributed by atoms with van der Waals surface area (Å²) in [6, 6.07) is 0. The van der Waals surface area contributed by atoms with E-state index in [-0.39, 0.29) is 5.92 Å². The minimum Gasteiger partial charge on any atom is -0.481 e. The van der Waals surface area contributed by atoms with E-state index in [1.54, 1.807) is 6.08 Å². The summed E-state index contributed by atoms with van der Waals surface area (Å²) in [7, 11) is 0. The fourth-order valence-electron chi connectivity index (χ4n) is 4.11. The smallest absolute Gasteiger partial charge is 0.328 e. The molecule has 4 heteroatoms. The third-order valence-corrected chi connectivity index (χ3v) is 5.11. The van der Waals surface area contributed by atoms with Gasteiger partial charge in [-0.3, -0.25) is 4.79 Å². The molecule has 0 aliphatic heterocycles. The summed E-state index contributed by atoms with van der Waals surface area (Å²) < 4.78 is 0. The predicted octanol–water partition coefficient (Wildman–Crippen LogP) is 3.37. The molecule has 2 aliphatic carbocycles.